The van der Waals surface area contributed by atoms with Gasteiger partial charge in [-0.15, -0.1) is 0 Å². The van der Waals surface area contributed by atoms with Crippen molar-refractivity contribution in [3.63, 3.8) is 0 Å². The highest BCUT2D eigenvalue weighted by atomic mass is 32.2. The van der Waals surface area contributed by atoms with Gasteiger partial charge in [-0.05, 0) is 44.0 Å². The van der Waals surface area contributed by atoms with Crippen LogP contribution in [0.4, 0.5) is 5.69 Å². The predicted octanol–water partition coefficient (Wildman–Crippen LogP) is 3.09. The average Bonchev–Trinajstić information content (AvgIpc) is 3.16. The lowest BCUT2D eigenvalue weighted by atomic mass is 10.1. The van der Waals surface area contributed by atoms with Crippen LogP contribution in [0.2, 0.25) is 0 Å². The smallest absolute Gasteiger partial charge is 0.246 e. The number of hydrogen-bond donors (Lipinski definition) is 0. The first-order chi connectivity index (χ1) is 14.6. The fourth-order valence-corrected chi connectivity index (χ4v) is 4.04. The minimum Gasteiger partial charge on any atom is -0.337 e. The molecule has 1 heterocycles. The van der Waals surface area contributed by atoms with Gasteiger partial charge in [-0.2, -0.15) is 4.98 Å². The summed E-state index contributed by atoms with van der Waals surface area (Å²) in [5.41, 5.74) is 4.14. The van der Waals surface area contributed by atoms with Gasteiger partial charge < -0.3 is 9.42 Å². The van der Waals surface area contributed by atoms with Crippen molar-refractivity contribution in [3.05, 3.63) is 65.0 Å². The maximum atomic E-state index is 12.8. The van der Waals surface area contributed by atoms with Crippen LogP contribution in [0.5, 0.6) is 0 Å². The maximum Gasteiger partial charge on any atom is 0.246 e. The molecule has 0 aliphatic carbocycles. The summed E-state index contributed by atoms with van der Waals surface area (Å²) in [5.74, 6) is 0.319. The Bertz CT molecular complexity index is 1200. The SMILES string of the molecule is Cc1cccc(-c2noc(CN(C)C(=O)CN(c3cccc(C)c3C)S(C)(=O)=O)n2)c1. The monoisotopic (exact) mass is 442 g/mol. The number of carbonyl (C=O) groups is 1. The molecule has 0 saturated heterocycles. The molecule has 2 aromatic carbocycles. The molecule has 0 saturated carbocycles. The van der Waals surface area contributed by atoms with E-state index in [0.29, 0.717) is 11.5 Å². The van der Waals surface area contributed by atoms with E-state index in [0.717, 1.165) is 32.8 Å². The van der Waals surface area contributed by atoms with E-state index in [2.05, 4.69) is 10.1 Å². The highest BCUT2D eigenvalue weighted by molar-refractivity contribution is 7.92. The number of nitrogens with zero attached hydrogens (tertiary/aromatic N) is 4. The Hall–Kier alpha value is -3.20. The second kappa shape index (κ2) is 8.89. The van der Waals surface area contributed by atoms with Gasteiger partial charge in [0.2, 0.25) is 27.6 Å². The number of amides is 1. The summed E-state index contributed by atoms with van der Waals surface area (Å²) in [6, 6.07) is 13.1. The summed E-state index contributed by atoms with van der Waals surface area (Å²) < 4.78 is 31.2. The Morgan fingerprint density at radius 3 is 2.48 bits per heavy atom. The van der Waals surface area contributed by atoms with E-state index in [1.165, 1.54) is 4.90 Å². The van der Waals surface area contributed by atoms with Crippen molar-refractivity contribution in [2.45, 2.75) is 27.3 Å². The Balaban J connectivity index is 1.75. The van der Waals surface area contributed by atoms with Crippen LogP contribution in [0.1, 0.15) is 22.6 Å². The van der Waals surface area contributed by atoms with Crippen LogP contribution in [-0.4, -0.2) is 49.2 Å². The third-order valence-electron chi connectivity index (χ3n) is 5.07. The third-order valence-corrected chi connectivity index (χ3v) is 6.19. The molecule has 1 aromatic heterocycles. The zero-order valence-electron chi connectivity index (χ0n) is 18.3. The van der Waals surface area contributed by atoms with Gasteiger partial charge in [-0.3, -0.25) is 9.10 Å². The molecule has 0 unspecified atom stereocenters. The first kappa shape index (κ1) is 22.5. The molecule has 3 aromatic rings. The summed E-state index contributed by atoms with van der Waals surface area (Å²) in [6.07, 6.45) is 1.09. The van der Waals surface area contributed by atoms with Gasteiger partial charge in [0.1, 0.15) is 6.54 Å². The minimum atomic E-state index is -3.66. The lowest BCUT2D eigenvalue weighted by Gasteiger charge is -2.26. The first-order valence-corrected chi connectivity index (χ1v) is 11.6. The molecule has 0 aliphatic heterocycles. The van der Waals surface area contributed by atoms with E-state index in [4.69, 9.17) is 4.52 Å². The van der Waals surface area contributed by atoms with Crippen LogP contribution in [0, 0.1) is 20.8 Å². The topological polar surface area (TPSA) is 96.6 Å². The van der Waals surface area contributed by atoms with E-state index < -0.39 is 10.0 Å². The zero-order chi connectivity index (χ0) is 22.8. The zero-order valence-corrected chi connectivity index (χ0v) is 19.1. The summed E-state index contributed by atoms with van der Waals surface area (Å²) in [4.78, 5) is 18.5. The molecule has 0 bridgehead atoms. The molecule has 0 spiro atoms. The molecule has 0 radical (unpaired) electrons. The van der Waals surface area contributed by atoms with Crippen molar-refractivity contribution in [1.29, 1.82) is 0 Å². The molecule has 8 nitrogen and oxygen atoms in total. The normalized spacial score (nSPS) is 11.4. The number of rotatable bonds is 7. The number of aromatic nitrogens is 2. The van der Waals surface area contributed by atoms with Gasteiger partial charge in [0.05, 0.1) is 18.5 Å². The van der Waals surface area contributed by atoms with Crippen molar-refractivity contribution in [3.8, 4) is 11.4 Å². The van der Waals surface area contributed by atoms with Crippen LogP contribution in [0.3, 0.4) is 0 Å². The third kappa shape index (κ3) is 5.29. The Kier molecular flexibility index (Phi) is 6.45. The van der Waals surface area contributed by atoms with E-state index in [-0.39, 0.29) is 24.9 Å². The van der Waals surface area contributed by atoms with Gasteiger partial charge in [-0.25, -0.2) is 8.42 Å². The first-order valence-electron chi connectivity index (χ1n) is 9.74. The summed E-state index contributed by atoms with van der Waals surface area (Å²) >= 11 is 0. The van der Waals surface area contributed by atoms with Crippen LogP contribution in [0.15, 0.2) is 47.0 Å². The maximum absolute atomic E-state index is 12.8. The molecule has 1 amide bonds. The Labute approximate surface area is 182 Å². The highest BCUT2D eigenvalue weighted by Crippen LogP contribution is 2.25. The molecule has 0 N–H and O–H groups in total. The Morgan fingerprint density at radius 2 is 1.81 bits per heavy atom. The molecular weight excluding hydrogens is 416 g/mol. The lowest BCUT2D eigenvalue weighted by molar-refractivity contribution is -0.129. The van der Waals surface area contributed by atoms with Crippen LogP contribution < -0.4 is 4.31 Å². The van der Waals surface area contributed by atoms with Crippen molar-refractivity contribution in [2.24, 2.45) is 0 Å². The number of carbonyl (C=O) groups excluding carboxylic acids is 1. The largest absolute Gasteiger partial charge is 0.337 e. The second-order valence-electron chi connectivity index (χ2n) is 7.62. The van der Waals surface area contributed by atoms with Crippen molar-refractivity contribution in [1.82, 2.24) is 15.0 Å². The van der Waals surface area contributed by atoms with Gasteiger partial charge in [0.25, 0.3) is 0 Å². The number of aryl methyl sites for hydroxylation is 2. The number of anilines is 1. The van der Waals surface area contributed by atoms with Gasteiger partial charge in [-0.1, -0.05) is 41.1 Å². The number of hydrogen-bond acceptors (Lipinski definition) is 6. The van der Waals surface area contributed by atoms with Crippen LogP contribution >= 0.6 is 0 Å². The van der Waals surface area contributed by atoms with E-state index in [9.17, 15) is 13.2 Å². The second-order valence-corrected chi connectivity index (χ2v) is 9.53. The number of benzene rings is 2. The molecule has 31 heavy (non-hydrogen) atoms. The van der Waals surface area contributed by atoms with E-state index >= 15 is 0 Å². The van der Waals surface area contributed by atoms with Crippen molar-refractivity contribution in [2.75, 3.05) is 24.2 Å². The van der Waals surface area contributed by atoms with E-state index in [1.807, 2.05) is 51.1 Å². The van der Waals surface area contributed by atoms with Crippen molar-refractivity contribution >= 4 is 21.6 Å². The fourth-order valence-electron chi connectivity index (χ4n) is 3.14. The van der Waals surface area contributed by atoms with Crippen molar-refractivity contribution < 1.29 is 17.7 Å². The summed E-state index contributed by atoms with van der Waals surface area (Å²) in [7, 11) is -2.09. The predicted molar refractivity (Wildman–Crippen MR) is 119 cm³/mol. The molecule has 0 atom stereocenters. The number of likely N-dealkylation sites (N-methyl/N-ethyl adjacent to an activating group) is 1. The minimum absolute atomic E-state index is 0.0715. The fraction of sp³-hybridized carbons (Fsp3) is 0.318. The lowest BCUT2D eigenvalue weighted by Crippen LogP contribution is -2.41. The standard InChI is InChI=1S/C22H26N4O4S/c1-15-8-6-10-18(12-15)22-23-20(30-24-22)13-25(4)21(27)14-26(31(5,28)29)19-11-7-9-16(2)17(19)3/h6-12H,13-14H2,1-5H3. The van der Waals surface area contributed by atoms with Gasteiger partial charge in [0, 0.05) is 12.6 Å². The molecule has 164 valence electrons. The average molecular weight is 443 g/mol. The quantitative estimate of drug-likeness (QED) is 0.558. The summed E-state index contributed by atoms with van der Waals surface area (Å²) in [6.45, 7) is 5.46. The highest BCUT2D eigenvalue weighted by Gasteiger charge is 2.25. The molecule has 3 rings (SSSR count). The summed E-state index contributed by atoms with van der Waals surface area (Å²) in [5, 5.41) is 3.98. The number of sulfonamides is 1. The van der Waals surface area contributed by atoms with Crippen LogP contribution in [0.25, 0.3) is 11.4 Å². The molecule has 0 fully saturated rings. The Morgan fingerprint density at radius 1 is 1.10 bits per heavy atom. The molecular formula is C22H26N4O4S. The van der Waals surface area contributed by atoms with E-state index in [1.54, 1.807) is 19.2 Å². The van der Waals surface area contributed by atoms with Gasteiger partial charge >= 0.3 is 0 Å². The van der Waals surface area contributed by atoms with Gasteiger partial charge in [0.15, 0.2) is 0 Å². The molecule has 9 heteroatoms. The van der Waals surface area contributed by atoms with Crippen LogP contribution in [-0.2, 0) is 21.4 Å². The molecule has 0 aliphatic rings.